The number of rotatable bonds is 4. The summed E-state index contributed by atoms with van der Waals surface area (Å²) >= 11 is 0. The van der Waals surface area contributed by atoms with Crippen LogP contribution in [0.4, 0.5) is 0 Å². The van der Waals surface area contributed by atoms with Gasteiger partial charge in [-0.05, 0) is 39.8 Å². The van der Waals surface area contributed by atoms with Crippen molar-refractivity contribution < 1.29 is 14.7 Å². The SMILES string of the molecule is CC(C)(CO)NC(=O)[C@H]1CC(=O)N(C2CCNCC2)C1. The molecule has 0 saturated carbocycles. The van der Waals surface area contributed by atoms with Gasteiger partial charge in [0.05, 0.1) is 18.1 Å². The summed E-state index contributed by atoms with van der Waals surface area (Å²) in [4.78, 5) is 26.2. The lowest BCUT2D eigenvalue weighted by Crippen LogP contribution is -2.49. The van der Waals surface area contributed by atoms with Crippen LogP contribution in [-0.2, 0) is 9.59 Å². The Bertz CT molecular complexity index is 378. The van der Waals surface area contributed by atoms with Gasteiger partial charge < -0.3 is 20.6 Å². The number of piperidine rings is 1. The van der Waals surface area contributed by atoms with Crippen molar-refractivity contribution in [1.29, 1.82) is 0 Å². The first-order valence-corrected chi connectivity index (χ1v) is 7.36. The Morgan fingerprint density at radius 3 is 2.70 bits per heavy atom. The Morgan fingerprint density at radius 1 is 1.45 bits per heavy atom. The molecule has 6 nitrogen and oxygen atoms in total. The van der Waals surface area contributed by atoms with E-state index >= 15 is 0 Å². The molecule has 2 amide bonds. The third-order valence-electron chi connectivity index (χ3n) is 4.14. The maximum absolute atomic E-state index is 12.2. The van der Waals surface area contributed by atoms with Crippen molar-refractivity contribution in [3.8, 4) is 0 Å². The highest BCUT2D eigenvalue weighted by Gasteiger charge is 2.39. The monoisotopic (exact) mass is 283 g/mol. The Morgan fingerprint density at radius 2 is 2.10 bits per heavy atom. The van der Waals surface area contributed by atoms with Crippen LogP contribution >= 0.6 is 0 Å². The molecule has 2 fully saturated rings. The molecule has 2 saturated heterocycles. The second kappa shape index (κ2) is 6.10. The molecule has 20 heavy (non-hydrogen) atoms. The summed E-state index contributed by atoms with van der Waals surface area (Å²) in [5.41, 5.74) is -0.637. The number of aliphatic hydroxyl groups excluding tert-OH is 1. The van der Waals surface area contributed by atoms with Crippen molar-refractivity contribution in [2.24, 2.45) is 5.92 Å². The minimum atomic E-state index is -0.637. The number of carbonyl (C=O) groups excluding carboxylic acids is 2. The zero-order valence-corrected chi connectivity index (χ0v) is 12.3. The van der Waals surface area contributed by atoms with Gasteiger partial charge in [0, 0.05) is 19.0 Å². The summed E-state index contributed by atoms with van der Waals surface area (Å²) in [5.74, 6) is -0.337. The van der Waals surface area contributed by atoms with Gasteiger partial charge in [-0.25, -0.2) is 0 Å². The van der Waals surface area contributed by atoms with E-state index in [1.54, 1.807) is 13.8 Å². The van der Waals surface area contributed by atoms with E-state index in [0.29, 0.717) is 6.54 Å². The van der Waals surface area contributed by atoms with Crippen molar-refractivity contribution in [3.05, 3.63) is 0 Å². The number of nitrogens with one attached hydrogen (secondary N) is 2. The van der Waals surface area contributed by atoms with Crippen molar-refractivity contribution in [3.63, 3.8) is 0 Å². The van der Waals surface area contributed by atoms with Crippen molar-refractivity contribution in [2.45, 2.75) is 44.7 Å². The molecule has 0 radical (unpaired) electrons. The van der Waals surface area contributed by atoms with Crippen LogP contribution in [-0.4, -0.2) is 59.6 Å². The van der Waals surface area contributed by atoms with Crippen molar-refractivity contribution >= 4 is 11.8 Å². The van der Waals surface area contributed by atoms with Crippen LogP contribution in [0.25, 0.3) is 0 Å². The van der Waals surface area contributed by atoms with Crippen LogP contribution in [0.15, 0.2) is 0 Å². The molecular weight excluding hydrogens is 258 g/mol. The maximum atomic E-state index is 12.2. The fraction of sp³-hybridized carbons (Fsp3) is 0.857. The number of nitrogens with zero attached hydrogens (tertiary/aromatic N) is 1. The summed E-state index contributed by atoms with van der Waals surface area (Å²) in [7, 11) is 0. The van der Waals surface area contributed by atoms with Crippen molar-refractivity contribution in [2.75, 3.05) is 26.2 Å². The van der Waals surface area contributed by atoms with Gasteiger partial charge in [0.1, 0.15) is 0 Å². The zero-order valence-electron chi connectivity index (χ0n) is 12.3. The standard InChI is InChI=1S/C14H25N3O3/c1-14(2,9-18)16-13(20)10-7-12(19)17(8-10)11-3-5-15-6-4-11/h10-11,15,18H,3-9H2,1-2H3,(H,16,20)/t10-/m0/s1. The lowest BCUT2D eigenvalue weighted by Gasteiger charge is -2.32. The van der Waals surface area contributed by atoms with E-state index in [0.717, 1.165) is 25.9 Å². The molecule has 0 aromatic rings. The summed E-state index contributed by atoms with van der Waals surface area (Å²) < 4.78 is 0. The molecule has 2 aliphatic heterocycles. The van der Waals surface area contributed by atoms with Gasteiger partial charge in [0.25, 0.3) is 0 Å². The molecule has 2 aliphatic rings. The molecular formula is C14H25N3O3. The van der Waals surface area contributed by atoms with E-state index in [4.69, 9.17) is 0 Å². The Labute approximate surface area is 119 Å². The minimum Gasteiger partial charge on any atom is -0.394 e. The number of amides is 2. The van der Waals surface area contributed by atoms with Crippen LogP contribution < -0.4 is 10.6 Å². The summed E-state index contributed by atoms with van der Waals surface area (Å²) in [5, 5.41) is 15.3. The average Bonchev–Trinajstić information content (AvgIpc) is 2.81. The molecule has 0 aromatic carbocycles. The highest BCUT2D eigenvalue weighted by atomic mass is 16.3. The van der Waals surface area contributed by atoms with Crippen LogP contribution in [0.1, 0.15) is 33.1 Å². The van der Waals surface area contributed by atoms with E-state index in [2.05, 4.69) is 10.6 Å². The second-order valence-electron chi connectivity index (χ2n) is 6.46. The first kappa shape index (κ1) is 15.3. The van der Waals surface area contributed by atoms with Crippen LogP contribution in [0.2, 0.25) is 0 Å². The van der Waals surface area contributed by atoms with Crippen LogP contribution in [0.5, 0.6) is 0 Å². The molecule has 0 aromatic heterocycles. The minimum absolute atomic E-state index is 0.0823. The van der Waals surface area contributed by atoms with Crippen LogP contribution in [0, 0.1) is 5.92 Å². The largest absolute Gasteiger partial charge is 0.394 e. The quantitative estimate of drug-likeness (QED) is 0.648. The van der Waals surface area contributed by atoms with Gasteiger partial charge in [0.2, 0.25) is 11.8 Å². The molecule has 1 atom stereocenters. The molecule has 0 bridgehead atoms. The number of hydrogen-bond acceptors (Lipinski definition) is 4. The first-order valence-electron chi connectivity index (χ1n) is 7.36. The van der Waals surface area contributed by atoms with Gasteiger partial charge in [-0.2, -0.15) is 0 Å². The van der Waals surface area contributed by atoms with E-state index in [1.165, 1.54) is 0 Å². The zero-order chi connectivity index (χ0) is 14.8. The summed E-state index contributed by atoms with van der Waals surface area (Å²) in [6.45, 7) is 5.80. The van der Waals surface area contributed by atoms with E-state index in [-0.39, 0.29) is 36.8 Å². The van der Waals surface area contributed by atoms with Gasteiger partial charge in [-0.1, -0.05) is 0 Å². The lowest BCUT2D eigenvalue weighted by atomic mass is 10.0. The molecule has 3 N–H and O–H groups in total. The van der Waals surface area contributed by atoms with Gasteiger partial charge >= 0.3 is 0 Å². The fourth-order valence-electron chi connectivity index (χ4n) is 2.85. The van der Waals surface area contributed by atoms with E-state index in [1.807, 2.05) is 4.90 Å². The van der Waals surface area contributed by atoms with Gasteiger partial charge in [-0.3, -0.25) is 9.59 Å². The highest BCUT2D eigenvalue weighted by molar-refractivity contribution is 5.89. The molecule has 0 spiro atoms. The van der Waals surface area contributed by atoms with Crippen LogP contribution in [0.3, 0.4) is 0 Å². The third-order valence-corrected chi connectivity index (χ3v) is 4.14. The van der Waals surface area contributed by atoms with E-state index in [9.17, 15) is 14.7 Å². The highest BCUT2D eigenvalue weighted by Crippen LogP contribution is 2.24. The van der Waals surface area contributed by atoms with Crippen molar-refractivity contribution in [1.82, 2.24) is 15.5 Å². The number of likely N-dealkylation sites (tertiary alicyclic amines) is 1. The smallest absolute Gasteiger partial charge is 0.225 e. The molecule has 6 heteroatoms. The first-order chi connectivity index (χ1) is 9.43. The average molecular weight is 283 g/mol. The second-order valence-corrected chi connectivity index (χ2v) is 6.46. The predicted octanol–water partition coefficient (Wildman–Crippen LogP) is -0.526. The normalized spacial score (nSPS) is 25.1. The van der Waals surface area contributed by atoms with Gasteiger partial charge in [0.15, 0.2) is 0 Å². The Hall–Kier alpha value is -1.14. The fourth-order valence-corrected chi connectivity index (χ4v) is 2.85. The predicted molar refractivity (Wildman–Crippen MR) is 75.0 cm³/mol. The summed E-state index contributed by atoms with van der Waals surface area (Å²) in [6, 6.07) is 0.271. The number of hydrogen-bond donors (Lipinski definition) is 3. The Kier molecular flexibility index (Phi) is 4.65. The molecule has 0 unspecified atom stereocenters. The molecule has 2 heterocycles. The van der Waals surface area contributed by atoms with E-state index < -0.39 is 5.54 Å². The third kappa shape index (κ3) is 3.49. The topological polar surface area (TPSA) is 81.7 Å². The maximum Gasteiger partial charge on any atom is 0.225 e. The summed E-state index contributed by atoms with van der Waals surface area (Å²) in [6.07, 6.45) is 2.21. The van der Waals surface area contributed by atoms with Gasteiger partial charge in [-0.15, -0.1) is 0 Å². The Balaban J connectivity index is 1.92. The molecule has 114 valence electrons. The number of carbonyl (C=O) groups is 2. The number of aliphatic hydroxyl groups is 1. The molecule has 2 rings (SSSR count). The lowest BCUT2D eigenvalue weighted by molar-refractivity contribution is -0.131. The molecule has 0 aliphatic carbocycles.